The Bertz CT molecular complexity index is 1060. The number of rotatable bonds is 3. The van der Waals surface area contributed by atoms with Gasteiger partial charge in [-0.2, -0.15) is 0 Å². The van der Waals surface area contributed by atoms with Crippen molar-refractivity contribution in [2.75, 3.05) is 36.5 Å². The van der Waals surface area contributed by atoms with E-state index in [1.165, 1.54) is 6.07 Å². The van der Waals surface area contributed by atoms with Gasteiger partial charge >= 0.3 is 0 Å². The molecule has 0 aliphatic carbocycles. The number of nitrogens with one attached hydrogen (secondary N) is 1. The summed E-state index contributed by atoms with van der Waals surface area (Å²) < 4.78 is 11.0. The first-order chi connectivity index (χ1) is 13.1. The molecule has 3 aromatic rings. The van der Waals surface area contributed by atoms with Crippen molar-refractivity contribution in [3.05, 3.63) is 69.5 Å². The van der Waals surface area contributed by atoms with Crippen molar-refractivity contribution >= 4 is 39.9 Å². The van der Waals surface area contributed by atoms with Crippen LogP contribution >= 0.6 is 11.6 Å². The molecule has 138 valence electrons. The summed E-state index contributed by atoms with van der Waals surface area (Å²) in [5, 5.41) is 3.79. The van der Waals surface area contributed by atoms with Gasteiger partial charge in [0.2, 0.25) is 0 Å². The first-order valence-corrected chi connectivity index (χ1v) is 8.97. The fourth-order valence-electron chi connectivity index (χ4n) is 3.12. The van der Waals surface area contributed by atoms with Crippen LogP contribution in [0.2, 0.25) is 5.02 Å². The molecule has 1 aliphatic heterocycles. The number of benzene rings is 2. The Hall–Kier alpha value is -2.83. The normalized spacial score (nSPS) is 14.3. The average molecular weight is 385 g/mol. The smallest absolute Gasteiger partial charge is 0.291 e. The highest BCUT2D eigenvalue weighted by molar-refractivity contribution is 6.34. The maximum absolute atomic E-state index is 12.7. The van der Waals surface area contributed by atoms with Crippen LogP contribution in [0.3, 0.4) is 0 Å². The molecule has 0 radical (unpaired) electrons. The second kappa shape index (κ2) is 7.42. The maximum Gasteiger partial charge on any atom is 0.291 e. The summed E-state index contributed by atoms with van der Waals surface area (Å²) >= 11 is 6.39. The molecular formula is C20H17ClN2O4. The van der Waals surface area contributed by atoms with E-state index in [2.05, 4.69) is 10.2 Å². The SMILES string of the molecule is O=C(Nc1cccc(Cl)c1N1CCOCC1)c1cc(=O)c2ccccc2o1. The van der Waals surface area contributed by atoms with Crippen molar-refractivity contribution in [2.24, 2.45) is 0 Å². The molecule has 0 atom stereocenters. The monoisotopic (exact) mass is 384 g/mol. The topological polar surface area (TPSA) is 71.8 Å². The average Bonchev–Trinajstić information content (AvgIpc) is 2.69. The molecule has 6 nitrogen and oxygen atoms in total. The standard InChI is InChI=1S/C20H17ClN2O4/c21-14-5-3-6-15(19(14)23-8-10-26-11-9-23)22-20(25)18-12-16(24)13-4-1-2-7-17(13)27-18/h1-7,12H,8-11H2,(H,22,25). The Morgan fingerprint density at radius 2 is 1.85 bits per heavy atom. The number of carbonyl (C=O) groups is 1. The van der Waals surface area contributed by atoms with Crippen LogP contribution in [-0.4, -0.2) is 32.2 Å². The van der Waals surface area contributed by atoms with E-state index in [1.807, 2.05) is 0 Å². The second-order valence-electron chi connectivity index (χ2n) is 6.16. The molecule has 1 saturated heterocycles. The van der Waals surface area contributed by atoms with Gasteiger partial charge in [0.15, 0.2) is 11.2 Å². The quantitative estimate of drug-likeness (QED) is 0.747. The van der Waals surface area contributed by atoms with E-state index < -0.39 is 5.91 Å². The third-order valence-corrected chi connectivity index (χ3v) is 4.73. The highest BCUT2D eigenvalue weighted by Gasteiger charge is 2.20. The van der Waals surface area contributed by atoms with Crippen LogP contribution in [0, 0.1) is 0 Å². The molecule has 1 fully saturated rings. The maximum atomic E-state index is 12.7. The summed E-state index contributed by atoms with van der Waals surface area (Å²) in [5.74, 6) is -0.554. The van der Waals surface area contributed by atoms with E-state index in [-0.39, 0.29) is 11.2 Å². The van der Waals surface area contributed by atoms with Crippen LogP contribution in [0.5, 0.6) is 0 Å². The summed E-state index contributed by atoms with van der Waals surface area (Å²) in [6.07, 6.45) is 0. The molecule has 0 bridgehead atoms. The van der Waals surface area contributed by atoms with Crippen LogP contribution in [0.15, 0.2) is 57.7 Å². The highest BCUT2D eigenvalue weighted by Crippen LogP contribution is 2.34. The zero-order chi connectivity index (χ0) is 18.8. The predicted octanol–water partition coefficient (Wildman–Crippen LogP) is 3.54. The van der Waals surface area contributed by atoms with E-state index in [0.29, 0.717) is 48.0 Å². The Labute approximate surface area is 160 Å². The summed E-state index contributed by atoms with van der Waals surface area (Å²) in [6, 6.07) is 13.3. The summed E-state index contributed by atoms with van der Waals surface area (Å²) in [5.41, 5.74) is 1.40. The number of hydrogen-bond acceptors (Lipinski definition) is 5. The number of halogens is 1. The van der Waals surface area contributed by atoms with Crippen molar-refractivity contribution in [3.8, 4) is 0 Å². The molecule has 1 aliphatic rings. The van der Waals surface area contributed by atoms with Gasteiger partial charge < -0.3 is 19.4 Å². The highest BCUT2D eigenvalue weighted by atomic mass is 35.5. The molecule has 2 heterocycles. The van der Waals surface area contributed by atoms with Crippen LogP contribution in [0.25, 0.3) is 11.0 Å². The lowest BCUT2D eigenvalue weighted by atomic mass is 10.2. The van der Waals surface area contributed by atoms with E-state index in [4.69, 9.17) is 20.8 Å². The zero-order valence-electron chi connectivity index (χ0n) is 14.4. The molecule has 7 heteroatoms. The summed E-state index contributed by atoms with van der Waals surface area (Å²) in [6.45, 7) is 2.55. The van der Waals surface area contributed by atoms with Crippen molar-refractivity contribution in [2.45, 2.75) is 0 Å². The Balaban J connectivity index is 1.67. The fourth-order valence-corrected chi connectivity index (χ4v) is 3.42. The third kappa shape index (κ3) is 3.54. The molecule has 1 amide bonds. The number of amides is 1. The molecule has 0 saturated carbocycles. The minimum Gasteiger partial charge on any atom is -0.451 e. The second-order valence-corrected chi connectivity index (χ2v) is 6.57. The van der Waals surface area contributed by atoms with Gasteiger partial charge in [0.05, 0.1) is 35.0 Å². The molecule has 0 spiro atoms. The van der Waals surface area contributed by atoms with E-state index in [1.54, 1.807) is 42.5 Å². The van der Waals surface area contributed by atoms with Crippen molar-refractivity contribution < 1.29 is 13.9 Å². The number of nitrogens with zero attached hydrogens (tertiary/aromatic N) is 1. The number of anilines is 2. The summed E-state index contributed by atoms with van der Waals surface area (Å²) in [7, 11) is 0. The van der Waals surface area contributed by atoms with Gasteiger partial charge in [0.25, 0.3) is 5.91 Å². The first-order valence-electron chi connectivity index (χ1n) is 8.59. The van der Waals surface area contributed by atoms with Crippen LogP contribution in [0.4, 0.5) is 11.4 Å². The molecule has 1 aromatic heterocycles. The number of ether oxygens (including phenoxy) is 1. The Morgan fingerprint density at radius 3 is 2.67 bits per heavy atom. The van der Waals surface area contributed by atoms with Gasteiger partial charge in [-0.05, 0) is 24.3 Å². The minimum atomic E-state index is -0.505. The lowest BCUT2D eigenvalue weighted by Crippen LogP contribution is -2.37. The lowest BCUT2D eigenvalue weighted by Gasteiger charge is -2.31. The molecule has 27 heavy (non-hydrogen) atoms. The third-order valence-electron chi connectivity index (χ3n) is 4.42. The Kier molecular flexibility index (Phi) is 4.83. The number of morpholine rings is 1. The van der Waals surface area contributed by atoms with Crippen LogP contribution in [-0.2, 0) is 4.74 Å². The minimum absolute atomic E-state index is 0.0494. The predicted molar refractivity (Wildman–Crippen MR) is 105 cm³/mol. The molecule has 2 aromatic carbocycles. The summed E-state index contributed by atoms with van der Waals surface area (Å²) in [4.78, 5) is 27.0. The van der Waals surface area contributed by atoms with Gasteiger partial charge in [-0.15, -0.1) is 0 Å². The molecule has 1 N–H and O–H groups in total. The largest absolute Gasteiger partial charge is 0.451 e. The lowest BCUT2D eigenvalue weighted by molar-refractivity contribution is 0.0997. The van der Waals surface area contributed by atoms with Gasteiger partial charge in [0.1, 0.15) is 5.58 Å². The van der Waals surface area contributed by atoms with Crippen LogP contribution < -0.4 is 15.6 Å². The molecular weight excluding hydrogens is 368 g/mol. The molecule has 4 rings (SSSR count). The number of fused-ring (bicyclic) bond motifs is 1. The van der Waals surface area contributed by atoms with E-state index in [0.717, 1.165) is 5.69 Å². The van der Waals surface area contributed by atoms with Gasteiger partial charge in [-0.1, -0.05) is 29.8 Å². The van der Waals surface area contributed by atoms with Crippen molar-refractivity contribution in [1.82, 2.24) is 0 Å². The number of para-hydroxylation sites is 2. The van der Waals surface area contributed by atoms with Crippen LogP contribution in [0.1, 0.15) is 10.6 Å². The van der Waals surface area contributed by atoms with Crippen molar-refractivity contribution in [1.29, 1.82) is 0 Å². The Morgan fingerprint density at radius 1 is 1.07 bits per heavy atom. The zero-order valence-corrected chi connectivity index (χ0v) is 15.2. The number of hydrogen-bond donors (Lipinski definition) is 1. The van der Waals surface area contributed by atoms with Gasteiger partial charge in [-0.3, -0.25) is 9.59 Å². The van der Waals surface area contributed by atoms with E-state index >= 15 is 0 Å². The first kappa shape index (κ1) is 17.6. The fraction of sp³-hybridized carbons (Fsp3) is 0.200. The van der Waals surface area contributed by atoms with Crippen molar-refractivity contribution in [3.63, 3.8) is 0 Å². The molecule has 0 unspecified atom stereocenters. The van der Waals surface area contributed by atoms with Gasteiger partial charge in [-0.25, -0.2) is 0 Å². The van der Waals surface area contributed by atoms with Gasteiger partial charge in [0, 0.05) is 19.2 Å². The number of carbonyl (C=O) groups excluding carboxylic acids is 1. The van der Waals surface area contributed by atoms with E-state index in [9.17, 15) is 9.59 Å².